The van der Waals surface area contributed by atoms with Crippen LogP contribution in [0.3, 0.4) is 0 Å². The van der Waals surface area contributed by atoms with Crippen LogP contribution in [-0.4, -0.2) is 44.7 Å². The van der Waals surface area contributed by atoms with Gasteiger partial charge in [0.05, 0.1) is 36.4 Å². The third-order valence-electron chi connectivity index (χ3n) is 4.77. The standard InChI is InChI=1S/C23H25N7.HI/c1-24-23(26-15-19-13-14-30(28-19)20-11-7-4-8-12-20)29(2)17-22-25-16-21(27-22)18-9-5-3-6-10-18;/h3-14,16H,15,17H2,1-2H3,(H,24,26)(H,25,27);1H. The van der Waals surface area contributed by atoms with Gasteiger partial charge in [-0.15, -0.1) is 24.0 Å². The van der Waals surface area contributed by atoms with Crippen molar-refractivity contribution in [2.45, 2.75) is 13.1 Å². The molecule has 0 amide bonds. The summed E-state index contributed by atoms with van der Waals surface area (Å²) in [7, 11) is 3.77. The van der Waals surface area contributed by atoms with E-state index in [2.05, 4.69) is 37.5 Å². The average molecular weight is 527 g/mol. The summed E-state index contributed by atoms with van der Waals surface area (Å²) in [6.45, 7) is 1.20. The van der Waals surface area contributed by atoms with Gasteiger partial charge in [0, 0.05) is 20.3 Å². The maximum atomic E-state index is 4.63. The van der Waals surface area contributed by atoms with Crippen LogP contribution >= 0.6 is 24.0 Å². The van der Waals surface area contributed by atoms with Crippen LogP contribution in [0.5, 0.6) is 0 Å². The van der Waals surface area contributed by atoms with Gasteiger partial charge in [-0.1, -0.05) is 48.5 Å². The van der Waals surface area contributed by atoms with Gasteiger partial charge >= 0.3 is 0 Å². The van der Waals surface area contributed by atoms with Crippen LogP contribution in [-0.2, 0) is 13.1 Å². The first kappa shape index (κ1) is 22.5. The second kappa shape index (κ2) is 10.8. The van der Waals surface area contributed by atoms with Crippen LogP contribution in [0.1, 0.15) is 11.5 Å². The number of imidazole rings is 1. The lowest BCUT2D eigenvalue weighted by atomic mass is 10.2. The molecule has 0 saturated heterocycles. The first-order valence-corrected chi connectivity index (χ1v) is 9.84. The van der Waals surface area contributed by atoms with Gasteiger partial charge < -0.3 is 15.2 Å². The van der Waals surface area contributed by atoms with Gasteiger partial charge in [0.1, 0.15) is 5.82 Å². The molecule has 0 spiro atoms. The first-order chi connectivity index (χ1) is 14.7. The van der Waals surface area contributed by atoms with Crippen molar-refractivity contribution >= 4 is 29.9 Å². The Kier molecular flexibility index (Phi) is 7.82. The Balaban J connectivity index is 0.00000272. The van der Waals surface area contributed by atoms with Crippen LogP contribution < -0.4 is 5.32 Å². The fourth-order valence-corrected chi connectivity index (χ4v) is 3.24. The lowest BCUT2D eigenvalue weighted by molar-refractivity contribution is 0.463. The molecule has 4 rings (SSSR count). The Labute approximate surface area is 199 Å². The van der Waals surface area contributed by atoms with E-state index in [0.717, 1.165) is 34.4 Å². The SMILES string of the molecule is CN=C(NCc1ccn(-c2ccccc2)n1)N(C)Cc1ncc(-c2ccccc2)[nH]1.I. The number of nitrogens with zero attached hydrogens (tertiary/aromatic N) is 5. The lowest BCUT2D eigenvalue weighted by Gasteiger charge is -2.20. The molecule has 0 bridgehead atoms. The summed E-state index contributed by atoms with van der Waals surface area (Å²) in [6.07, 6.45) is 3.83. The summed E-state index contributed by atoms with van der Waals surface area (Å²) < 4.78 is 1.87. The van der Waals surface area contributed by atoms with E-state index in [4.69, 9.17) is 0 Å². The second-order valence-corrected chi connectivity index (χ2v) is 6.95. The summed E-state index contributed by atoms with van der Waals surface area (Å²) >= 11 is 0. The van der Waals surface area contributed by atoms with E-state index in [1.165, 1.54) is 0 Å². The minimum Gasteiger partial charge on any atom is -0.351 e. The smallest absolute Gasteiger partial charge is 0.194 e. The molecule has 8 heteroatoms. The lowest BCUT2D eigenvalue weighted by Crippen LogP contribution is -2.38. The molecule has 0 radical (unpaired) electrons. The minimum absolute atomic E-state index is 0. The fraction of sp³-hybridized carbons (Fsp3) is 0.174. The van der Waals surface area contributed by atoms with E-state index in [1.54, 1.807) is 7.05 Å². The van der Waals surface area contributed by atoms with Crippen LogP contribution in [0.2, 0.25) is 0 Å². The number of guanidine groups is 1. The molecule has 0 unspecified atom stereocenters. The van der Waals surface area contributed by atoms with Crippen molar-refractivity contribution in [3.8, 4) is 16.9 Å². The number of aromatic amines is 1. The largest absolute Gasteiger partial charge is 0.351 e. The number of H-pyrrole nitrogens is 1. The quantitative estimate of drug-likeness (QED) is 0.225. The van der Waals surface area contributed by atoms with E-state index in [-0.39, 0.29) is 24.0 Å². The van der Waals surface area contributed by atoms with Gasteiger partial charge in [0.15, 0.2) is 5.96 Å². The molecule has 2 N–H and O–H groups in total. The molecular weight excluding hydrogens is 501 g/mol. The predicted octanol–water partition coefficient (Wildman–Crippen LogP) is 4.09. The molecule has 4 aromatic rings. The highest BCUT2D eigenvalue weighted by molar-refractivity contribution is 14.0. The molecule has 0 aliphatic carbocycles. The number of rotatable bonds is 6. The summed E-state index contributed by atoms with van der Waals surface area (Å²) in [5, 5.41) is 8.00. The number of aromatic nitrogens is 4. The first-order valence-electron chi connectivity index (χ1n) is 9.84. The van der Waals surface area contributed by atoms with Crippen molar-refractivity contribution in [3.05, 3.63) is 90.6 Å². The summed E-state index contributed by atoms with van der Waals surface area (Å²) in [5.74, 6) is 1.66. The van der Waals surface area contributed by atoms with E-state index in [9.17, 15) is 0 Å². The molecule has 2 heterocycles. The normalized spacial score (nSPS) is 11.1. The van der Waals surface area contributed by atoms with Gasteiger partial charge in [-0.2, -0.15) is 5.10 Å². The van der Waals surface area contributed by atoms with Gasteiger partial charge in [-0.05, 0) is 23.8 Å². The maximum Gasteiger partial charge on any atom is 0.194 e. The second-order valence-electron chi connectivity index (χ2n) is 6.95. The number of hydrogen-bond donors (Lipinski definition) is 2. The molecule has 0 saturated carbocycles. The van der Waals surface area contributed by atoms with E-state index < -0.39 is 0 Å². The monoisotopic (exact) mass is 527 g/mol. The topological polar surface area (TPSA) is 74.1 Å². The number of nitrogens with one attached hydrogen (secondary N) is 2. The third-order valence-corrected chi connectivity index (χ3v) is 4.77. The highest BCUT2D eigenvalue weighted by Gasteiger charge is 2.11. The Morgan fingerprint density at radius 1 is 1.06 bits per heavy atom. The molecule has 160 valence electrons. The van der Waals surface area contributed by atoms with Crippen LogP contribution in [0.4, 0.5) is 0 Å². The maximum absolute atomic E-state index is 4.63. The Hall–Kier alpha value is -3.14. The summed E-state index contributed by atoms with van der Waals surface area (Å²) in [6, 6.07) is 22.3. The summed E-state index contributed by atoms with van der Waals surface area (Å²) in [5.41, 5.74) is 4.11. The van der Waals surface area contributed by atoms with Crippen LogP contribution in [0, 0.1) is 0 Å². The zero-order valence-corrected chi connectivity index (χ0v) is 19.9. The molecule has 7 nitrogen and oxygen atoms in total. The van der Waals surface area contributed by atoms with Crippen molar-refractivity contribution in [2.75, 3.05) is 14.1 Å². The third kappa shape index (κ3) is 5.72. The van der Waals surface area contributed by atoms with Crippen LogP contribution in [0.15, 0.2) is 84.1 Å². The molecule has 0 atom stereocenters. The summed E-state index contributed by atoms with van der Waals surface area (Å²) in [4.78, 5) is 14.3. The zero-order valence-electron chi connectivity index (χ0n) is 17.6. The number of halogens is 1. The van der Waals surface area contributed by atoms with Gasteiger partial charge in [0.25, 0.3) is 0 Å². The molecule has 2 aromatic carbocycles. The number of aliphatic imine (C=N–C) groups is 1. The highest BCUT2D eigenvalue weighted by atomic mass is 127. The van der Waals surface area contributed by atoms with Gasteiger partial charge in [0.2, 0.25) is 0 Å². The van der Waals surface area contributed by atoms with Crippen molar-refractivity contribution in [1.29, 1.82) is 0 Å². The van der Waals surface area contributed by atoms with Crippen LogP contribution in [0.25, 0.3) is 16.9 Å². The average Bonchev–Trinajstić information content (AvgIpc) is 3.45. The number of hydrogen-bond acceptors (Lipinski definition) is 3. The molecule has 0 aliphatic rings. The molecule has 0 aliphatic heterocycles. The predicted molar refractivity (Wildman–Crippen MR) is 135 cm³/mol. The highest BCUT2D eigenvalue weighted by Crippen LogP contribution is 2.16. The Morgan fingerprint density at radius 2 is 1.77 bits per heavy atom. The molecule has 31 heavy (non-hydrogen) atoms. The van der Waals surface area contributed by atoms with Gasteiger partial charge in [-0.3, -0.25) is 4.99 Å². The number of para-hydroxylation sites is 1. The zero-order chi connectivity index (χ0) is 20.8. The Morgan fingerprint density at radius 3 is 2.48 bits per heavy atom. The molecule has 2 aromatic heterocycles. The van der Waals surface area contributed by atoms with Gasteiger partial charge in [-0.25, -0.2) is 9.67 Å². The van der Waals surface area contributed by atoms with Crippen molar-refractivity contribution in [2.24, 2.45) is 4.99 Å². The van der Waals surface area contributed by atoms with E-state index in [1.807, 2.05) is 83.6 Å². The molecular formula is C23H26IN7. The van der Waals surface area contributed by atoms with Crippen molar-refractivity contribution < 1.29 is 0 Å². The fourth-order valence-electron chi connectivity index (χ4n) is 3.24. The molecule has 0 fully saturated rings. The minimum atomic E-state index is 0. The van der Waals surface area contributed by atoms with Crippen molar-refractivity contribution in [1.82, 2.24) is 30.0 Å². The van der Waals surface area contributed by atoms with E-state index in [0.29, 0.717) is 13.1 Å². The van der Waals surface area contributed by atoms with Crippen molar-refractivity contribution in [3.63, 3.8) is 0 Å². The Bertz CT molecular complexity index is 1100. The number of benzene rings is 2. The van der Waals surface area contributed by atoms with E-state index >= 15 is 0 Å².